The van der Waals surface area contributed by atoms with Gasteiger partial charge >= 0.3 is 6.03 Å². The molecule has 0 bridgehead atoms. The molecule has 2 aromatic carbocycles. The molecule has 3 heterocycles. The van der Waals surface area contributed by atoms with Gasteiger partial charge in [-0.05, 0) is 41.5 Å². The third-order valence-electron chi connectivity index (χ3n) is 5.92. The van der Waals surface area contributed by atoms with Crippen molar-refractivity contribution < 1.29 is 26.8 Å². The molecule has 3 amide bonds. The maximum atomic E-state index is 13.8. The molecule has 12 heteroatoms. The Kier molecular flexibility index (Phi) is 5.12. The zero-order valence-electron chi connectivity index (χ0n) is 17.7. The molecule has 2 aliphatic rings. The maximum absolute atomic E-state index is 13.8. The fraction of sp³-hybridized carbons (Fsp3) is 0.227. The molecule has 0 spiro atoms. The van der Waals surface area contributed by atoms with Crippen molar-refractivity contribution in [3.63, 3.8) is 0 Å². The van der Waals surface area contributed by atoms with Gasteiger partial charge in [0.2, 0.25) is 0 Å². The van der Waals surface area contributed by atoms with Gasteiger partial charge in [0.1, 0.15) is 5.69 Å². The average Bonchev–Trinajstić information content (AvgIpc) is 3.30. The molecule has 0 atom stereocenters. The van der Waals surface area contributed by atoms with E-state index in [1.807, 2.05) is 0 Å². The number of nitrogens with one attached hydrogen (secondary N) is 1. The first-order valence-corrected chi connectivity index (χ1v) is 12.2. The lowest BCUT2D eigenvalue weighted by Gasteiger charge is -2.28. The Labute approximate surface area is 193 Å². The fourth-order valence-electron chi connectivity index (χ4n) is 4.30. The number of hydrogen-bond acceptors (Lipinski definition) is 5. The van der Waals surface area contributed by atoms with Crippen LogP contribution in [0.5, 0.6) is 0 Å². The van der Waals surface area contributed by atoms with Gasteiger partial charge in [0.25, 0.3) is 5.91 Å². The normalized spacial score (nSPS) is 16.1. The van der Waals surface area contributed by atoms with Gasteiger partial charge in [0.15, 0.2) is 21.5 Å². The number of sulfone groups is 1. The van der Waals surface area contributed by atoms with Gasteiger partial charge in [-0.1, -0.05) is 6.07 Å². The van der Waals surface area contributed by atoms with E-state index < -0.39 is 33.4 Å². The van der Waals surface area contributed by atoms with E-state index in [9.17, 15) is 26.8 Å². The third-order valence-corrected chi connectivity index (χ3v) is 7.42. The van der Waals surface area contributed by atoms with Crippen molar-refractivity contribution in [2.24, 2.45) is 5.73 Å². The molecule has 176 valence electrons. The van der Waals surface area contributed by atoms with Crippen LogP contribution >= 0.6 is 0 Å². The molecular weight excluding hydrogens is 468 g/mol. The number of fused-ring (bicyclic) bond motifs is 2. The molecule has 2 aliphatic heterocycles. The maximum Gasteiger partial charge on any atom is 0.322 e. The molecule has 0 saturated heterocycles. The molecule has 0 unspecified atom stereocenters. The van der Waals surface area contributed by atoms with Crippen LogP contribution in [0.1, 0.15) is 27.2 Å². The number of urea groups is 1. The Morgan fingerprint density at radius 3 is 2.50 bits per heavy atom. The van der Waals surface area contributed by atoms with Gasteiger partial charge in [0.05, 0.1) is 35.9 Å². The van der Waals surface area contributed by atoms with Crippen LogP contribution in [0.4, 0.5) is 19.3 Å². The molecule has 0 aliphatic carbocycles. The van der Waals surface area contributed by atoms with Crippen molar-refractivity contribution in [3.8, 4) is 11.3 Å². The lowest BCUT2D eigenvalue weighted by atomic mass is 10.0. The summed E-state index contributed by atoms with van der Waals surface area (Å²) < 4.78 is 52.3. The number of nitrogens with two attached hydrogens (primary N) is 1. The Morgan fingerprint density at radius 2 is 1.76 bits per heavy atom. The highest BCUT2D eigenvalue weighted by molar-refractivity contribution is 7.90. The van der Waals surface area contributed by atoms with Gasteiger partial charge in [-0.25, -0.2) is 22.0 Å². The van der Waals surface area contributed by atoms with Crippen molar-refractivity contribution >= 4 is 27.5 Å². The predicted octanol–water partition coefficient (Wildman–Crippen LogP) is 2.40. The van der Waals surface area contributed by atoms with Crippen molar-refractivity contribution in [1.82, 2.24) is 14.7 Å². The highest BCUT2D eigenvalue weighted by atomic mass is 32.2. The van der Waals surface area contributed by atoms with Crippen LogP contribution in [0.3, 0.4) is 0 Å². The first-order chi connectivity index (χ1) is 16.1. The van der Waals surface area contributed by atoms with Gasteiger partial charge in [-0.15, -0.1) is 0 Å². The van der Waals surface area contributed by atoms with Gasteiger partial charge in [-0.2, -0.15) is 5.10 Å². The van der Waals surface area contributed by atoms with Gasteiger partial charge in [0, 0.05) is 17.8 Å². The largest absolute Gasteiger partial charge is 0.365 e. The van der Waals surface area contributed by atoms with Crippen molar-refractivity contribution in [2.75, 3.05) is 11.9 Å². The number of anilines is 1. The van der Waals surface area contributed by atoms with Crippen molar-refractivity contribution in [1.29, 1.82) is 0 Å². The summed E-state index contributed by atoms with van der Waals surface area (Å²) in [5.41, 5.74) is 8.13. The number of halogens is 2. The summed E-state index contributed by atoms with van der Waals surface area (Å²) in [6.45, 7) is 0.546. The molecular formula is C22H19F2N5O4S. The number of benzene rings is 2. The lowest BCUT2D eigenvalue weighted by Crippen LogP contribution is -2.41. The van der Waals surface area contributed by atoms with Gasteiger partial charge in [-0.3, -0.25) is 9.48 Å². The van der Waals surface area contributed by atoms with E-state index in [-0.39, 0.29) is 48.0 Å². The zero-order chi connectivity index (χ0) is 24.2. The first-order valence-electron chi connectivity index (χ1n) is 10.3. The number of primary amides is 1. The van der Waals surface area contributed by atoms with Crippen molar-refractivity contribution in [3.05, 3.63) is 70.4 Å². The van der Waals surface area contributed by atoms with E-state index in [4.69, 9.17) is 5.73 Å². The van der Waals surface area contributed by atoms with Crippen molar-refractivity contribution in [2.45, 2.75) is 24.6 Å². The molecule has 1 aromatic heterocycles. The minimum atomic E-state index is -3.16. The number of hydrogen-bond donors (Lipinski definition) is 2. The summed E-state index contributed by atoms with van der Waals surface area (Å²) in [7, 11) is -3.16. The molecule has 0 fully saturated rings. The Balaban J connectivity index is 1.40. The molecule has 3 N–H and O–H groups in total. The van der Waals surface area contributed by atoms with E-state index in [2.05, 4.69) is 10.4 Å². The monoisotopic (exact) mass is 487 g/mol. The van der Waals surface area contributed by atoms with Crippen LogP contribution in [-0.4, -0.2) is 41.6 Å². The van der Waals surface area contributed by atoms with Crippen LogP contribution in [0, 0.1) is 11.6 Å². The summed E-state index contributed by atoms with van der Waals surface area (Å²) in [4.78, 5) is 26.6. The summed E-state index contributed by atoms with van der Waals surface area (Å²) in [5.74, 6) is -2.99. The molecule has 5 rings (SSSR count). The van der Waals surface area contributed by atoms with E-state index >= 15 is 0 Å². The standard InChI is InChI=1S/C22H19F2N5O4S/c23-16-4-2-12(8-17(16)24)20-19(21(25)30)18-9-28(5-6-29(18)27-20)22(31)26-15-3-1-13-10-34(32,33)11-14(13)7-15/h1-4,7-8H,5-6,9-11H2,(H2,25,30)(H,26,31). The fourth-order valence-corrected chi connectivity index (χ4v) is 5.90. The van der Waals surface area contributed by atoms with Crippen LogP contribution in [0.2, 0.25) is 0 Å². The number of rotatable bonds is 3. The Hall–Kier alpha value is -3.80. The Bertz CT molecular complexity index is 1470. The second-order valence-electron chi connectivity index (χ2n) is 8.25. The minimum Gasteiger partial charge on any atom is -0.365 e. The molecule has 3 aromatic rings. The summed E-state index contributed by atoms with van der Waals surface area (Å²) in [5, 5.41) is 7.11. The zero-order valence-corrected chi connectivity index (χ0v) is 18.5. The molecule has 0 saturated carbocycles. The summed E-state index contributed by atoms with van der Waals surface area (Å²) >= 11 is 0. The van der Waals surface area contributed by atoms with Crippen LogP contribution in [0.25, 0.3) is 11.3 Å². The minimum absolute atomic E-state index is 0.0111. The highest BCUT2D eigenvalue weighted by Crippen LogP contribution is 2.30. The third kappa shape index (κ3) is 3.89. The molecule has 0 radical (unpaired) electrons. The first kappa shape index (κ1) is 22.0. The SMILES string of the molecule is NC(=O)c1c(-c2ccc(F)c(F)c2)nn2c1CN(C(=O)Nc1ccc3c(c1)CS(=O)(=O)C3)CC2. The number of nitrogens with zero attached hydrogens (tertiary/aromatic N) is 3. The quantitative estimate of drug-likeness (QED) is 0.587. The predicted molar refractivity (Wildman–Crippen MR) is 118 cm³/mol. The number of aromatic nitrogens is 2. The highest BCUT2D eigenvalue weighted by Gasteiger charge is 2.30. The van der Waals surface area contributed by atoms with E-state index in [0.717, 1.165) is 17.7 Å². The van der Waals surface area contributed by atoms with E-state index in [1.54, 1.807) is 18.2 Å². The Morgan fingerprint density at radius 1 is 1.00 bits per heavy atom. The smallest absolute Gasteiger partial charge is 0.322 e. The molecule has 34 heavy (non-hydrogen) atoms. The summed E-state index contributed by atoms with van der Waals surface area (Å²) in [6, 6.07) is 7.70. The van der Waals surface area contributed by atoms with E-state index in [0.29, 0.717) is 16.9 Å². The number of amides is 3. The molecule has 9 nitrogen and oxygen atoms in total. The summed E-state index contributed by atoms with van der Waals surface area (Å²) in [6.07, 6.45) is 0. The second kappa shape index (κ2) is 7.90. The lowest BCUT2D eigenvalue weighted by molar-refractivity contribution is 0.0997. The average molecular weight is 487 g/mol. The topological polar surface area (TPSA) is 127 Å². The number of carbonyl (C=O) groups is 2. The van der Waals surface area contributed by atoms with Crippen LogP contribution in [-0.2, 0) is 34.4 Å². The van der Waals surface area contributed by atoms with Crippen LogP contribution < -0.4 is 11.1 Å². The van der Waals surface area contributed by atoms with Crippen LogP contribution in [0.15, 0.2) is 36.4 Å². The number of carbonyl (C=O) groups excluding carboxylic acids is 2. The van der Waals surface area contributed by atoms with Gasteiger partial charge < -0.3 is 16.0 Å². The second-order valence-corrected chi connectivity index (χ2v) is 10.3. The van der Waals surface area contributed by atoms with E-state index in [1.165, 1.54) is 15.6 Å².